The fourth-order valence-corrected chi connectivity index (χ4v) is 3.36. The third-order valence-electron chi connectivity index (χ3n) is 3.96. The Balaban J connectivity index is 1.61. The van der Waals surface area contributed by atoms with Crippen LogP contribution in [0.2, 0.25) is 0 Å². The average molecular weight is 374 g/mol. The van der Waals surface area contributed by atoms with Crippen molar-refractivity contribution in [1.82, 2.24) is 5.32 Å². The number of hydrogen-bond donors (Lipinski definition) is 2. The molecule has 0 spiro atoms. The van der Waals surface area contributed by atoms with E-state index in [4.69, 9.17) is 9.52 Å². The van der Waals surface area contributed by atoms with Crippen LogP contribution in [0.1, 0.15) is 21.7 Å². The summed E-state index contributed by atoms with van der Waals surface area (Å²) in [5.41, 5.74) is 2.46. The van der Waals surface area contributed by atoms with Gasteiger partial charge in [0.1, 0.15) is 0 Å². The number of rotatable bonds is 8. The fraction of sp³-hybridized carbons (Fsp3) is 0.278. The van der Waals surface area contributed by atoms with Crippen molar-refractivity contribution in [3.8, 4) is 0 Å². The second-order valence-electron chi connectivity index (χ2n) is 5.76. The van der Waals surface area contributed by atoms with Crippen molar-refractivity contribution >= 4 is 35.2 Å². The first-order valence-electron chi connectivity index (χ1n) is 8.08. The molecule has 0 bridgehead atoms. The van der Waals surface area contributed by atoms with E-state index in [-0.39, 0.29) is 29.9 Å². The van der Waals surface area contributed by atoms with E-state index in [1.807, 2.05) is 24.3 Å². The van der Waals surface area contributed by atoms with E-state index >= 15 is 0 Å². The summed E-state index contributed by atoms with van der Waals surface area (Å²) in [5.74, 6) is -0.606. The van der Waals surface area contributed by atoms with Gasteiger partial charge in [-0.1, -0.05) is 18.2 Å². The summed E-state index contributed by atoms with van der Waals surface area (Å²) >= 11 is 1.23. The maximum Gasteiger partial charge on any atom is 0.313 e. The van der Waals surface area contributed by atoms with Gasteiger partial charge in [-0.3, -0.25) is 14.4 Å². The molecule has 0 saturated carbocycles. The van der Waals surface area contributed by atoms with Crippen LogP contribution >= 0.6 is 11.8 Å². The number of carboxylic acid groups (broad SMARTS) is 1. The predicted octanol–water partition coefficient (Wildman–Crippen LogP) is 1.92. The lowest BCUT2D eigenvalue weighted by atomic mass is 10.1. The largest absolute Gasteiger partial charge is 0.481 e. The van der Waals surface area contributed by atoms with Gasteiger partial charge in [0.15, 0.2) is 5.76 Å². The molecule has 0 fully saturated rings. The van der Waals surface area contributed by atoms with Crippen LogP contribution in [0, 0.1) is 0 Å². The van der Waals surface area contributed by atoms with Crippen LogP contribution in [0.25, 0.3) is 0 Å². The van der Waals surface area contributed by atoms with Crippen molar-refractivity contribution in [3.05, 3.63) is 53.5 Å². The molecule has 0 unspecified atom stereocenters. The first kappa shape index (κ1) is 18.1. The SMILES string of the molecule is O=C(O)CSCCNC(=O)c1occc1CN1C(=O)Cc2ccccc21. The summed E-state index contributed by atoms with van der Waals surface area (Å²) in [4.78, 5) is 36.7. The Labute approximate surface area is 154 Å². The highest BCUT2D eigenvalue weighted by molar-refractivity contribution is 7.99. The molecule has 136 valence electrons. The van der Waals surface area contributed by atoms with E-state index in [1.165, 1.54) is 18.0 Å². The summed E-state index contributed by atoms with van der Waals surface area (Å²) in [6.45, 7) is 0.602. The molecular weight excluding hydrogens is 356 g/mol. The van der Waals surface area contributed by atoms with Gasteiger partial charge in [-0.25, -0.2) is 0 Å². The number of nitrogens with zero attached hydrogens (tertiary/aromatic N) is 1. The maximum atomic E-state index is 12.3. The van der Waals surface area contributed by atoms with Gasteiger partial charge >= 0.3 is 5.97 Å². The molecule has 1 aromatic carbocycles. The zero-order valence-electron chi connectivity index (χ0n) is 13.9. The second kappa shape index (κ2) is 8.09. The number of carbonyl (C=O) groups excluding carboxylic acids is 2. The summed E-state index contributed by atoms with van der Waals surface area (Å²) in [6, 6.07) is 9.27. The van der Waals surface area contributed by atoms with Gasteiger partial charge in [0.25, 0.3) is 5.91 Å². The molecule has 2 heterocycles. The number of benzene rings is 1. The van der Waals surface area contributed by atoms with E-state index < -0.39 is 5.97 Å². The van der Waals surface area contributed by atoms with Crippen molar-refractivity contribution in [1.29, 1.82) is 0 Å². The van der Waals surface area contributed by atoms with Gasteiger partial charge in [0.2, 0.25) is 5.91 Å². The number of nitrogens with one attached hydrogen (secondary N) is 1. The van der Waals surface area contributed by atoms with Gasteiger partial charge < -0.3 is 19.7 Å². The monoisotopic (exact) mass is 374 g/mol. The van der Waals surface area contributed by atoms with Crippen LogP contribution in [-0.4, -0.2) is 40.9 Å². The number of carbonyl (C=O) groups is 3. The lowest BCUT2D eigenvalue weighted by Gasteiger charge is -2.17. The van der Waals surface area contributed by atoms with E-state index in [1.54, 1.807) is 11.0 Å². The van der Waals surface area contributed by atoms with E-state index in [0.717, 1.165) is 11.3 Å². The molecule has 2 aromatic rings. The molecule has 0 atom stereocenters. The Kier molecular flexibility index (Phi) is 5.62. The molecule has 26 heavy (non-hydrogen) atoms. The van der Waals surface area contributed by atoms with Crippen molar-refractivity contribution in [2.24, 2.45) is 0 Å². The first-order chi connectivity index (χ1) is 12.6. The molecule has 1 aliphatic rings. The normalized spacial score (nSPS) is 12.9. The Bertz CT molecular complexity index is 832. The van der Waals surface area contributed by atoms with Gasteiger partial charge in [-0.05, 0) is 17.7 Å². The number of aliphatic carboxylic acids is 1. The van der Waals surface area contributed by atoms with Gasteiger partial charge in [0.05, 0.1) is 25.0 Å². The Morgan fingerprint density at radius 2 is 2.08 bits per heavy atom. The predicted molar refractivity (Wildman–Crippen MR) is 97.3 cm³/mol. The summed E-state index contributed by atoms with van der Waals surface area (Å²) < 4.78 is 5.30. The number of hydrogen-bond acceptors (Lipinski definition) is 5. The Morgan fingerprint density at radius 1 is 1.27 bits per heavy atom. The highest BCUT2D eigenvalue weighted by atomic mass is 32.2. The second-order valence-corrected chi connectivity index (χ2v) is 6.87. The lowest BCUT2D eigenvalue weighted by Crippen LogP contribution is -2.29. The number of furan rings is 1. The minimum atomic E-state index is -0.884. The molecule has 1 aromatic heterocycles. The topological polar surface area (TPSA) is 99.8 Å². The molecule has 7 nitrogen and oxygen atoms in total. The first-order valence-corrected chi connectivity index (χ1v) is 9.24. The lowest BCUT2D eigenvalue weighted by molar-refractivity contribution is -0.133. The van der Waals surface area contributed by atoms with Crippen LogP contribution in [0.15, 0.2) is 41.0 Å². The molecule has 2 N–H and O–H groups in total. The summed E-state index contributed by atoms with van der Waals surface area (Å²) in [5, 5.41) is 11.3. The minimum Gasteiger partial charge on any atom is -0.481 e. The highest BCUT2D eigenvalue weighted by Gasteiger charge is 2.28. The molecular formula is C18H18N2O5S. The van der Waals surface area contributed by atoms with Crippen LogP contribution in [-0.2, 0) is 22.6 Å². The molecule has 8 heteroatoms. The Hall–Kier alpha value is -2.74. The third kappa shape index (κ3) is 4.08. The molecule has 0 saturated heterocycles. The fourth-order valence-electron chi connectivity index (χ4n) is 2.80. The average Bonchev–Trinajstić information content (AvgIpc) is 3.19. The number of para-hydroxylation sites is 1. The smallest absolute Gasteiger partial charge is 0.313 e. The zero-order valence-corrected chi connectivity index (χ0v) is 14.8. The van der Waals surface area contributed by atoms with E-state index in [2.05, 4.69) is 5.32 Å². The van der Waals surface area contributed by atoms with Crippen LogP contribution in [0.3, 0.4) is 0 Å². The maximum absolute atomic E-state index is 12.3. The number of anilines is 1. The van der Waals surface area contributed by atoms with Gasteiger partial charge in [-0.15, -0.1) is 11.8 Å². The molecule has 2 amide bonds. The summed E-state index contributed by atoms with van der Waals surface area (Å²) in [7, 11) is 0. The van der Waals surface area contributed by atoms with Crippen molar-refractivity contribution in [3.63, 3.8) is 0 Å². The van der Waals surface area contributed by atoms with Gasteiger partial charge in [0, 0.05) is 23.5 Å². The standard InChI is InChI=1S/C18H18N2O5S/c21-15-9-12-3-1-2-4-14(12)20(15)10-13-5-7-25-17(13)18(24)19-6-8-26-11-16(22)23/h1-5,7H,6,8-11H2,(H,19,24)(H,22,23). The number of carboxylic acids is 1. The quantitative estimate of drug-likeness (QED) is 0.685. The van der Waals surface area contributed by atoms with Crippen molar-refractivity contribution in [2.45, 2.75) is 13.0 Å². The van der Waals surface area contributed by atoms with Gasteiger partial charge in [-0.2, -0.15) is 0 Å². The number of amides is 2. The van der Waals surface area contributed by atoms with Crippen molar-refractivity contribution < 1.29 is 23.9 Å². The third-order valence-corrected chi connectivity index (χ3v) is 4.91. The van der Waals surface area contributed by atoms with Crippen LogP contribution < -0.4 is 10.2 Å². The molecule has 0 aliphatic carbocycles. The molecule has 1 aliphatic heterocycles. The Morgan fingerprint density at radius 3 is 2.88 bits per heavy atom. The number of thioether (sulfide) groups is 1. The van der Waals surface area contributed by atoms with Crippen molar-refractivity contribution in [2.75, 3.05) is 23.0 Å². The zero-order chi connectivity index (χ0) is 18.5. The van der Waals surface area contributed by atoms with E-state index in [9.17, 15) is 14.4 Å². The highest BCUT2D eigenvalue weighted by Crippen LogP contribution is 2.30. The van der Waals surface area contributed by atoms with Crippen LogP contribution in [0.4, 0.5) is 5.69 Å². The minimum absolute atomic E-state index is 0.00163. The molecule has 3 rings (SSSR count). The van der Waals surface area contributed by atoms with E-state index in [0.29, 0.717) is 24.3 Å². The summed E-state index contributed by atoms with van der Waals surface area (Å²) in [6.07, 6.45) is 1.78. The number of fused-ring (bicyclic) bond motifs is 1. The molecule has 0 radical (unpaired) electrons. The van der Waals surface area contributed by atoms with Crippen LogP contribution in [0.5, 0.6) is 0 Å².